The summed E-state index contributed by atoms with van der Waals surface area (Å²) in [5.41, 5.74) is 4.92. The second kappa shape index (κ2) is 11.2. The van der Waals surface area contributed by atoms with Gasteiger partial charge in [-0.2, -0.15) is 0 Å². The van der Waals surface area contributed by atoms with Crippen molar-refractivity contribution in [2.75, 3.05) is 12.4 Å². The highest BCUT2D eigenvalue weighted by atomic mass is 32.2. The Hall–Kier alpha value is -3.58. The third kappa shape index (κ3) is 5.92. The number of benzene rings is 3. The van der Waals surface area contributed by atoms with Gasteiger partial charge < -0.3 is 9.47 Å². The predicted octanol–water partition coefficient (Wildman–Crippen LogP) is 6.15. The zero-order valence-electron chi connectivity index (χ0n) is 20.4. The monoisotopic (exact) mass is 487 g/mol. The quantitative estimate of drug-likeness (QED) is 0.198. The van der Waals surface area contributed by atoms with Crippen LogP contribution in [0.25, 0.3) is 5.69 Å². The first kappa shape index (κ1) is 24.5. The van der Waals surface area contributed by atoms with E-state index in [1.165, 1.54) is 17.3 Å². The number of aryl methyl sites for hydroxylation is 3. The lowest BCUT2D eigenvalue weighted by atomic mass is 9.99. The number of aromatic nitrogens is 3. The molecule has 0 saturated heterocycles. The highest BCUT2D eigenvalue weighted by Gasteiger charge is 2.18. The number of carbonyl (C=O) groups excluding carboxylic acids is 1. The summed E-state index contributed by atoms with van der Waals surface area (Å²) >= 11 is 1.37. The van der Waals surface area contributed by atoms with Crippen LogP contribution in [0.15, 0.2) is 71.9 Å². The summed E-state index contributed by atoms with van der Waals surface area (Å²) in [6.07, 6.45) is 0. The van der Waals surface area contributed by atoms with Crippen molar-refractivity contribution in [3.63, 3.8) is 0 Å². The van der Waals surface area contributed by atoms with Crippen molar-refractivity contribution < 1.29 is 14.3 Å². The molecule has 0 fully saturated rings. The Bertz CT molecular complexity index is 1300. The van der Waals surface area contributed by atoms with Crippen LogP contribution in [0.5, 0.6) is 11.5 Å². The Morgan fingerprint density at radius 1 is 0.857 bits per heavy atom. The summed E-state index contributed by atoms with van der Waals surface area (Å²) in [6.45, 7) is 8.86. The fourth-order valence-corrected chi connectivity index (χ4v) is 4.59. The molecule has 0 spiro atoms. The van der Waals surface area contributed by atoms with Gasteiger partial charge in [0.15, 0.2) is 16.8 Å². The number of para-hydroxylation sites is 1. The molecule has 1 aromatic heterocycles. The Kier molecular flexibility index (Phi) is 7.87. The van der Waals surface area contributed by atoms with Gasteiger partial charge in [0, 0.05) is 11.3 Å². The number of hydrogen-bond donors (Lipinski definition) is 0. The Morgan fingerprint density at radius 3 is 2.26 bits per heavy atom. The van der Waals surface area contributed by atoms with E-state index < -0.39 is 0 Å². The summed E-state index contributed by atoms with van der Waals surface area (Å²) in [7, 11) is 0. The normalized spacial score (nSPS) is 10.9. The third-order valence-corrected chi connectivity index (χ3v) is 6.62. The number of rotatable bonds is 10. The van der Waals surface area contributed by atoms with Crippen LogP contribution in [0.4, 0.5) is 0 Å². The summed E-state index contributed by atoms with van der Waals surface area (Å²) in [6, 6.07) is 21.4. The van der Waals surface area contributed by atoms with Crippen molar-refractivity contribution in [2.45, 2.75) is 39.5 Å². The fourth-order valence-electron chi connectivity index (χ4n) is 3.74. The molecule has 0 unspecified atom stereocenters. The van der Waals surface area contributed by atoms with Crippen LogP contribution in [0.3, 0.4) is 0 Å². The van der Waals surface area contributed by atoms with Gasteiger partial charge in [-0.15, -0.1) is 10.2 Å². The number of thioether (sulfide) groups is 1. The summed E-state index contributed by atoms with van der Waals surface area (Å²) < 4.78 is 13.5. The van der Waals surface area contributed by atoms with Crippen molar-refractivity contribution >= 4 is 17.5 Å². The molecule has 0 atom stereocenters. The lowest BCUT2D eigenvalue weighted by molar-refractivity contribution is 0.102. The van der Waals surface area contributed by atoms with Gasteiger partial charge in [-0.1, -0.05) is 36.0 Å². The minimum absolute atomic E-state index is 0.0685. The minimum Gasteiger partial charge on any atom is -0.494 e. The molecular formula is C28H29N3O3S. The lowest BCUT2D eigenvalue weighted by Gasteiger charge is -2.12. The van der Waals surface area contributed by atoms with Crippen molar-refractivity contribution in [3.05, 3.63) is 94.8 Å². The topological polar surface area (TPSA) is 66.2 Å². The van der Waals surface area contributed by atoms with Crippen LogP contribution in [0.2, 0.25) is 0 Å². The summed E-state index contributed by atoms with van der Waals surface area (Å²) in [5, 5.41) is 9.42. The first-order valence-corrected chi connectivity index (χ1v) is 12.5. The van der Waals surface area contributed by atoms with E-state index in [1.807, 2.05) is 86.0 Å². The van der Waals surface area contributed by atoms with E-state index >= 15 is 0 Å². The summed E-state index contributed by atoms with van der Waals surface area (Å²) in [4.78, 5) is 13.1. The number of ketones is 1. The van der Waals surface area contributed by atoms with Crippen LogP contribution in [-0.2, 0) is 6.61 Å². The molecule has 180 valence electrons. The van der Waals surface area contributed by atoms with Gasteiger partial charge in [-0.25, -0.2) is 0 Å². The number of nitrogens with zero attached hydrogens (tertiary/aromatic N) is 3. The highest BCUT2D eigenvalue weighted by Crippen LogP contribution is 2.26. The van der Waals surface area contributed by atoms with Crippen LogP contribution < -0.4 is 9.47 Å². The predicted molar refractivity (Wildman–Crippen MR) is 139 cm³/mol. The molecule has 6 nitrogen and oxygen atoms in total. The second-order valence-electron chi connectivity index (χ2n) is 8.23. The van der Waals surface area contributed by atoms with Crippen LogP contribution >= 0.6 is 11.8 Å². The van der Waals surface area contributed by atoms with E-state index in [0.717, 1.165) is 33.9 Å². The molecule has 7 heteroatoms. The molecule has 0 aliphatic heterocycles. The molecule has 0 bridgehead atoms. The summed E-state index contributed by atoms with van der Waals surface area (Å²) in [5.74, 6) is 2.52. The average molecular weight is 488 g/mol. The molecule has 0 aliphatic rings. The highest BCUT2D eigenvalue weighted by molar-refractivity contribution is 7.99. The molecule has 0 saturated carbocycles. The SMILES string of the molecule is CCOc1ccc(-n2c(COc3ccccc3)nnc2SCC(=O)c2cc(C)c(C)cc2C)cc1. The third-order valence-electron chi connectivity index (χ3n) is 5.69. The molecule has 0 N–H and O–H groups in total. The number of carbonyl (C=O) groups is 1. The number of ether oxygens (including phenoxy) is 2. The molecule has 4 rings (SSSR count). The largest absolute Gasteiger partial charge is 0.494 e. The number of hydrogen-bond acceptors (Lipinski definition) is 6. The van der Waals surface area contributed by atoms with Crippen LogP contribution in [0.1, 0.15) is 39.8 Å². The van der Waals surface area contributed by atoms with Gasteiger partial charge >= 0.3 is 0 Å². The zero-order valence-corrected chi connectivity index (χ0v) is 21.3. The van der Waals surface area contributed by atoms with E-state index in [1.54, 1.807) is 0 Å². The minimum atomic E-state index is 0.0685. The maximum absolute atomic E-state index is 13.1. The van der Waals surface area contributed by atoms with Gasteiger partial charge in [-0.05, 0) is 86.8 Å². The molecule has 4 aromatic rings. The van der Waals surface area contributed by atoms with E-state index in [-0.39, 0.29) is 18.1 Å². The van der Waals surface area contributed by atoms with Gasteiger partial charge in [0.1, 0.15) is 18.1 Å². The zero-order chi connectivity index (χ0) is 24.8. The van der Waals surface area contributed by atoms with E-state index in [2.05, 4.69) is 23.2 Å². The molecular weight excluding hydrogens is 458 g/mol. The number of Topliss-reactive ketones (excluding diaryl/α,β-unsaturated/α-hetero) is 1. The smallest absolute Gasteiger partial charge is 0.196 e. The van der Waals surface area contributed by atoms with E-state index in [4.69, 9.17) is 9.47 Å². The first-order valence-electron chi connectivity index (χ1n) is 11.6. The first-order chi connectivity index (χ1) is 17.0. The van der Waals surface area contributed by atoms with Crippen LogP contribution in [-0.4, -0.2) is 32.9 Å². The van der Waals surface area contributed by atoms with Gasteiger partial charge in [0.25, 0.3) is 0 Å². The van der Waals surface area contributed by atoms with Crippen molar-refractivity contribution in [2.24, 2.45) is 0 Å². The molecule has 35 heavy (non-hydrogen) atoms. The lowest BCUT2D eigenvalue weighted by Crippen LogP contribution is -2.09. The van der Waals surface area contributed by atoms with Crippen molar-refractivity contribution in [3.8, 4) is 17.2 Å². The van der Waals surface area contributed by atoms with E-state index in [0.29, 0.717) is 17.6 Å². The maximum Gasteiger partial charge on any atom is 0.196 e. The maximum atomic E-state index is 13.1. The van der Waals surface area contributed by atoms with Crippen molar-refractivity contribution in [1.29, 1.82) is 0 Å². The molecule has 0 aliphatic carbocycles. The molecule has 3 aromatic carbocycles. The average Bonchev–Trinajstić information content (AvgIpc) is 3.27. The Balaban J connectivity index is 1.59. The van der Waals surface area contributed by atoms with E-state index in [9.17, 15) is 4.79 Å². The Labute approximate surface area is 210 Å². The van der Waals surface area contributed by atoms with Gasteiger partial charge in [0.2, 0.25) is 0 Å². The second-order valence-corrected chi connectivity index (χ2v) is 9.17. The standard InChI is InChI=1S/C28H29N3O3S/c1-5-33-24-13-11-22(12-14-24)31-27(17-34-23-9-7-6-8-10-23)29-30-28(31)35-18-26(32)25-16-20(3)19(2)15-21(25)4/h6-16H,5,17-18H2,1-4H3. The van der Waals surface area contributed by atoms with Gasteiger partial charge in [-0.3, -0.25) is 9.36 Å². The fraction of sp³-hybridized carbons (Fsp3) is 0.250. The Morgan fingerprint density at radius 2 is 1.54 bits per heavy atom. The molecule has 0 radical (unpaired) electrons. The van der Waals surface area contributed by atoms with Gasteiger partial charge in [0.05, 0.1) is 12.4 Å². The molecule has 0 amide bonds. The van der Waals surface area contributed by atoms with Crippen LogP contribution in [0, 0.1) is 20.8 Å². The van der Waals surface area contributed by atoms with Crippen molar-refractivity contribution in [1.82, 2.24) is 14.8 Å². The molecule has 1 heterocycles.